The van der Waals surface area contributed by atoms with Crippen molar-refractivity contribution in [3.8, 4) is 11.5 Å². The number of carbonyl (C=O) groups excluding carboxylic acids is 3. The highest BCUT2D eigenvalue weighted by Crippen LogP contribution is 2.32. The minimum Gasteiger partial charge on any atom is -0.490 e. The van der Waals surface area contributed by atoms with E-state index in [0.717, 1.165) is 0 Å². The van der Waals surface area contributed by atoms with Gasteiger partial charge in [0.15, 0.2) is 29.7 Å². The molecule has 31 heavy (non-hydrogen) atoms. The van der Waals surface area contributed by atoms with Crippen LogP contribution in [0.1, 0.15) is 33.2 Å². The van der Waals surface area contributed by atoms with Gasteiger partial charge in [0, 0.05) is 24.2 Å². The predicted octanol–water partition coefficient (Wildman–Crippen LogP) is 2.79. The second-order valence-corrected chi connectivity index (χ2v) is 7.18. The summed E-state index contributed by atoms with van der Waals surface area (Å²) in [6.07, 6.45) is 1.57. The van der Waals surface area contributed by atoms with Crippen LogP contribution in [0, 0.1) is 0 Å². The number of Topliss-reactive ketones (excluding diaryl/α,β-unsaturated/α-hetero) is 2. The van der Waals surface area contributed by atoms with Crippen LogP contribution in [0.25, 0.3) is 6.08 Å². The van der Waals surface area contributed by atoms with E-state index in [0.29, 0.717) is 61.1 Å². The average molecular weight is 421 g/mol. The van der Waals surface area contributed by atoms with Gasteiger partial charge in [0.2, 0.25) is 0 Å². The van der Waals surface area contributed by atoms with Gasteiger partial charge in [-0.3, -0.25) is 14.4 Å². The number of ketones is 2. The Morgan fingerprint density at radius 2 is 1.68 bits per heavy atom. The molecule has 0 aromatic heterocycles. The van der Waals surface area contributed by atoms with Gasteiger partial charge >= 0.3 is 0 Å². The van der Waals surface area contributed by atoms with Gasteiger partial charge in [0.1, 0.15) is 0 Å². The maximum Gasteiger partial charge on any atom is 0.260 e. The molecule has 1 aliphatic carbocycles. The molecule has 1 saturated heterocycles. The molecule has 1 fully saturated rings. The predicted molar refractivity (Wildman–Crippen MR) is 114 cm³/mol. The fourth-order valence-electron chi connectivity index (χ4n) is 3.62. The van der Waals surface area contributed by atoms with Crippen molar-refractivity contribution in [1.29, 1.82) is 0 Å². The first-order valence-electron chi connectivity index (χ1n) is 10.2. The molecule has 1 amide bonds. The second kappa shape index (κ2) is 9.14. The molecule has 0 radical (unpaired) electrons. The summed E-state index contributed by atoms with van der Waals surface area (Å²) in [5, 5.41) is 0. The number of morpholine rings is 1. The average Bonchev–Trinajstić information content (AvgIpc) is 3.04. The van der Waals surface area contributed by atoms with Crippen molar-refractivity contribution in [2.75, 3.05) is 39.5 Å². The smallest absolute Gasteiger partial charge is 0.260 e. The molecule has 1 aliphatic heterocycles. The number of benzene rings is 2. The molecule has 0 saturated carbocycles. The summed E-state index contributed by atoms with van der Waals surface area (Å²) >= 11 is 0. The lowest BCUT2D eigenvalue weighted by atomic mass is 10.1. The van der Waals surface area contributed by atoms with Crippen molar-refractivity contribution in [1.82, 2.24) is 4.90 Å². The fourth-order valence-corrected chi connectivity index (χ4v) is 3.62. The number of nitrogens with zero attached hydrogens (tertiary/aromatic N) is 1. The highest BCUT2D eigenvalue weighted by atomic mass is 16.5. The third kappa shape index (κ3) is 4.36. The molecular weight excluding hydrogens is 398 g/mol. The number of ether oxygens (including phenoxy) is 3. The fraction of sp³-hybridized carbons (Fsp3) is 0.292. The van der Waals surface area contributed by atoms with E-state index in [4.69, 9.17) is 14.2 Å². The Hall–Kier alpha value is -3.45. The molecular formula is C24H23NO6. The number of amides is 1. The summed E-state index contributed by atoms with van der Waals surface area (Å²) in [6.45, 7) is 4.30. The van der Waals surface area contributed by atoms with Crippen molar-refractivity contribution in [2.24, 2.45) is 0 Å². The molecule has 1 heterocycles. The maximum absolute atomic E-state index is 12.6. The lowest BCUT2D eigenvalue weighted by Crippen LogP contribution is -2.43. The van der Waals surface area contributed by atoms with E-state index in [1.165, 1.54) is 0 Å². The van der Waals surface area contributed by atoms with Gasteiger partial charge in [-0.1, -0.05) is 30.3 Å². The molecule has 4 rings (SSSR count). The minimum absolute atomic E-state index is 0.104. The molecule has 2 aromatic rings. The van der Waals surface area contributed by atoms with Gasteiger partial charge < -0.3 is 19.1 Å². The lowest BCUT2D eigenvalue weighted by Gasteiger charge is -2.26. The van der Waals surface area contributed by atoms with Crippen molar-refractivity contribution >= 4 is 23.5 Å². The van der Waals surface area contributed by atoms with Crippen molar-refractivity contribution in [3.63, 3.8) is 0 Å². The minimum atomic E-state index is -0.282. The Morgan fingerprint density at radius 3 is 2.32 bits per heavy atom. The quantitative estimate of drug-likeness (QED) is 0.527. The summed E-state index contributed by atoms with van der Waals surface area (Å²) in [4.78, 5) is 39.3. The first kappa shape index (κ1) is 20.8. The van der Waals surface area contributed by atoms with Crippen LogP contribution in [0.3, 0.4) is 0 Å². The first-order valence-corrected chi connectivity index (χ1v) is 10.2. The third-order valence-electron chi connectivity index (χ3n) is 5.20. The Balaban J connectivity index is 1.52. The first-order chi connectivity index (χ1) is 15.1. The molecule has 2 aliphatic rings. The van der Waals surface area contributed by atoms with Gasteiger partial charge in [-0.25, -0.2) is 0 Å². The van der Waals surface area contributed by atoms with E-state index < -0.39 is 0 Å². The maximum atomic E-state index is 12.6. The van der Waals surface area contributed by atoms with Crippen LogP contribution in [-0.2, 0) is 9.53 Å². The van der Waals surface area contributed by atoms with E-state index in [-0.39, 0.29) is 29.7 Å². The number of fused-ring (bicyclic) bond motifs is 1. The summed E-state index contributed by atoms with van der Waals surface area (Å²) in [5.74, 6) is 0.196. The topological polar surface area (TPSA) is 82.1 Å². The van der Waals surface area contributed by atoms with E-state index in [1.54, 1.807) is 53.4 Å². The summed E-state index contributed by atoms with van der Waals surface area (Å²) in [6, 6.07) is 11.9. The zero-order valence-corrected chi connectivity index (χ0v) is 17.3. The Bertz CT molecular complexity index is 1010. The molecule has 0 atom stereocenters. The number of hydrogen-bond acceptors (Lipinski definition) is 6. The zero-order valence-electron chi connectivity index (χ0n) is 17.3. The number of carbonyl (C=O) groups is 3. The van der Waals surface area contributed by atoms with Gasteiger partial charge in [-0.15, -0.1) is 0 Å². The number of allylic oxidation sites excluding steroid dienone is 1. The van der Waals surface area contributed by atoms with Crippen LogP contribution in [0.2, 0.25) is 0 Å². The van der Waals surface area contributed by atoms with Crippen LogP contribution in [0.4, 0.5) is 0 Å². The molecule has 160 valence electrons. The normalized spacial score (nSPS) is 15.6. The Kier molecular flexibility index (Phi) is 6.13. The van der Waals surface area contributed by atoms with Crippen LogP contribution in [0.5, 0.6) is 11.5 Å². The standard InChI is InChI=1S/C24H23NO6/c1-2-30-21-14-16(13-19-23(27)17-5-3-4-6-18(17)24(19)28)7-8-20(21)31-15-22(26)25-9-11-29-12-10-25/h3-8,13-14H,2,9-12,15H2,1H3. The summed E-state index contributed by atoms with van der Waals surface area (Å²) in [7, 11) is 0. The summed E-state index contributed by atoms with van der Waals surface area (Å²) < 4.78 is 16.6. The molecule has 0 N–H and O–H groups in total. The largest absolute Gasteiger partial charge is 0.490 e. The van der Waals surface area contributed by atoms with Crippen LogP contribution < -0.4 is 9.47 Å². The van der Waals surface area contributed by atoms with E-state index in [1.807, 2.05) is 6.92 Å². The van der Waals surface area contributed by atoms with Crippen LogP contribution >= 0.6 is 0 Å². The molecule has 0 unspecified atom stereocenters. The van der Waals surface area contributed by atoms with Crippen molar-refractivity contribution in [3.05, 3.63) is 64.7 Å². The molecule has 2 aromatic carbocycles. The molecule has 7 heteroatoms. The summed E-state index contributed by atoms with van der Waals surface area (Å²) in [5.41, 5.74) is 1.61. The Morgan fingerprint density at radius 1 is 1.00 bits per heavy atom. The molecule has 0 bridgehead atoms. The van der Waals surface area contributed by atoms with E-state index in [2.05, 4.69) is 0 Å². The highest BCUT2D eigenvalue weighted by Gasteiger charge is 2.32. The van der Waals surface area contributed by atoms with E-state index >= 15 is 0 Å². The van der Waals surface area contributed by atoms with Crippen LogP contribution in [0.15, 0.2) is 48.0 Å². The van der Waals surface area contributed by atoms with Crippen LogP contribution in [-0.4, -0.2) is 61.9 Å². The molecule has 0 spiro atoms. The SMILES string of the molecule is CCOc1cc(C=C2C(=O)c3ccccc3C2=O)ccc1OCC(=O)N1CCOCC1. The van der Waals surface area contributed by atoms with E-state index in [9.17, 15) is 14.4 Å². The number of hydrogen-bond donors (Lipinski definition) is 0. The van der Waals surface area contributed by atoms with Gasteiger partial charge in [0.25, 0.3) is 5.91 Å². The number of rotatable bonds is 6. The third-order valence-corrected chi connectivity index (χ3v) is 5.20. The van der Waals surface area contributed by atoms with Gasteiger partial charge in [-0.05, 0) is 30.7 Å². The Labute approximate surface area is 180 Å². The molecule has 7 nitrogen and oxygen atoms in total. The zero-order chi connectivity index (χ0) is 21.8. The highest BCUT2D eigenvalue weighted by molar-refractivity contribution is 6.41. The monoisotopic (exact) mass is 421 g/mol. The van der Waals surface area contributed by atoms with Crippen molar-refractivity contribution in [2.45, 2.75) is 6.92 Å². The van der Waals surface area contributed by atoms with Crippen molar-refractivity contribution < 1.29 is 28.6 Å². The van der Waals surface area contributed by atoms with Gasteiger partial charge in [-0.2, -0.15) is 0 Å². The second-order valence-electron chi connectivity index (χ2n) is 7.18. The van der Waals surface area contributed by atoms with Gasteiger partial charge in [0.05, 0.1) is 25.4 Å². The lowest BCUT2D eigenvalue weighted by molar-refractivity contribution is -0.137.